The molecule has 4 heteroatoms. The van der Waals surface area contributed by atoms with Gasteiger partial charge in [-0.25, -0.2) is 0 Å². The molecule has 1 aliphatic heterocycles. The molecule has 78 valence electrons. The van der Waals surface area contributed by atoms with E-state index in [9.17, 15) is 0 Å². The highest BCUT2D eigenvalue weighted by Gasteiger charge is 2.25. The number of rotatable bonds is 6. The summed E-state index contributed by atoms with van der Waals surface area (Å²) in [6.07, 6.45) is -0.0810. The van der Waals surface area contributed by atoms with Crippen LogP contribution in [0.1, 0.15) is 13.8 Å². The first-order valence-electron chi connectivity index (χ1n) is 4.97. The van der Waals surface area contributed by atoms with Gasteiger partial charge in [0.25, 0.3) is 0 Å². The van der Waals surface area contributed by atoms with E-state index in [0.29, 0.717) is 19.3 Å². The van der Waals surface area contributed by atoms with Crippen molar-refractivity contribution in [3.8, 4) is 0 Å². The Labute approximate surface area is 80.0 Å². The van der Waals surface area contributed by atoms with Gasteiger partial charge in [0, 0.05) is 38.9 Å². The average Bonchev–Trinajstić information content (AvgIpc) is 2.02. The number of hydrogen-bond donors (Lipinski definition) is 1. The summed E-state index contributed by atoms with van der Waals surface area (Å²) in [5.74, 6) is 0. The fraction of sp³-hybridized carbons (Fsp3) is 1.00. The maximum atomic E-state index is 5.67. The van der Waals surface area contributed by atoms with Crippen LogP contribution in [0.25, 0.3) is 0 Å². The third kappa shape index (κ3) is 3.60. The van der Waals surface area contributed by atoms with Gasteiger partial charge in [0.1, 0.15) is 0 Å². The molecule has 1 saturated heterocycles. The van der Waals surface area contributed by atoms with Gasteiger partial charge in [0.05, 0.1) is 0 Å². The van der Waals surface area contributed by atoms with Gasteiger partial charge in [0.15, 0.2) is 6.29 Å². The first-order chi connectivity index (χ1) is 6.26. The average molecular weight is 188 g/mol. The fourth-order valence-corrected chi connectivity index (χ4v) is 1.50. The van der Waals surface area contributed by atoms with E-state index >= 15 is 0 Å². The highest BCUT2D eigenvalue weighted by molar-refractivity contribution is 4.82. The van der Waals surface area contributed by atoms with E-state index in [0.717, 1.165) is 19.6 Å². The van der Waals surface area contributed by atoms with Crippen molar-refractivity contribution in [3.05, 3.63) is 0 Å². The van der Waals surface area contributed by atoms with Crippen molar-refractivity contribution >= 4 is 0 Å². The Balaban J connectivity index is 2.14. The maximum absolute atomic E-state index is 5.67. The Morgan fingerprint density at radius 1 is 1.31 bits per heavy atom. The highest BCUT2D eigenvalue weighted by atomic mass is 16.7. The molecule has 2 N–H and O–H groups in total. The van der Waals surface area contributed by atoms with E-state index in [1.165, 1.54) is 0 Å². The quantitative estimate of drug-likeness (QED) is 0.597. The number of hydrogen-bond acceptors (Lipinski definition) is 4. The molecular weight excluding hydrogens is 168 g/mol. The zero-order chi connectivity index (χ0) is 9.68. The molecule has 0 radical (unpaired) electrons. The molecule has 0 atom stereocenters. The van der Waals surface area contributed by atoms with Crippen LogP contribution in [0.5, 0.6) is 0 Å². The van der Waals surface area contributed by atoms with Gasteiger partial charge in [-0.05, 0) is 13.8 Å². The minimum Gasteiger partial charge on any atom is -0.352 e. The van der Waals surface area contributed by atoms with E-state index < -0.39 is 0 Å². The lowest BCUT2D eigenvalue weighted by Gasteiger charge is -2.38. The zero-order valence-corrected chi connectivity index (χ0v) is 8.53. The molecule has 0 amide bonds. The molecule has 0 saturated carbocycles. The van der Waals surface area contributed by atoms with Crippen LogP contribution in [-0.2, 0) is 9.47 Å². The minimum absolute atomic E-state index is 0.0810. The number of nitrogens with zero attached hydrogens (tertiary/aromatic N) is 1. The van der Waals surface area contributed by atoms with Crippen molar-refractivity contribution in [2.24, 2.45) is 5.73 Å². The normalized spacial score (nSPS) is 19.4. The molecule has 0 unspecified atom stereocenters. The van der Waals surface area contributed by atoms with Gasteiger partial charge in [-0.1, -0.05) is 0 Å². The third-order valence-corrected chi connectivity index (χ3v) is 2.10. The maximum Gasteiger partial charge on any atom is 0.170 e. The second-order valence-electron chi connectivity index (χ2n) is 3.32. The lowest BCUT2D eigenvalue weighted by Crippen LogP contribution is -2.57. The lowest BCUT2D eigenvalue weighted by atomic mass is 10.1. The summed E-state index contributed by atoms with van der Waals surface area (Å²) >= 11 is 0. The Morgan fingerprint density at radius 3 is 2.23 bits per heavy atom. The standard InChI is InChI=1S/C9H20N2O2/c1-3-12-9(13-4-2)7-11-5-8(10)6-11/h8-9H,3-7,10H2,1-2H3. The predicted octanol–water partition coefficient (Wildman–Crippen LogP) is 0.0284. The molecular formula is C9H20N2O2. The predicted molar refractivity (Wildman–Crippen MR) is 51.5 cm³/mol. The van der Waals surface area contributed by atoms with Crippen molar-refractivity contribution in [3.63, 3.8) is 0 Å². The molecule has 1 aliphatic rings. The smallest absolute Gasteiger partial charge is 0.170 e. The SMILES string of the molecule is CCOC(CN1CC(N)C1)OCC. The molecule has 13 heavy (non-hydrogen) atoms. The summed E-state index contributed by atoms with van der Waals surface area (Å²) in [5, 5.41) is 0. The van der Waals surface area contributed by atoms with Crippen LogP contribution >= 0.6 is 0 Å². The van der Waals surface area contributed by atoms with Gasteiger partial charge >= 0.3 is 0 Å². The fourth-order valence-electron chi connectivity index (χ4n) is 1.50. The second-order valence-corrected chi connectivity index (χ2v) is 3.32. The number of nitrogens with two attached hydrogens (primary N) is 1. The van der Waals surface area contributed by atoms with Crippen LogP contribution in [0, 0.1) is 0 Å². The van der Waals surface area contributed by atoms with Crippen LogP contribution in [-0.4, -0.2) is 50.1 Å². The van der Waals surface area contributed by atoms with Crippen molar-refractivity contribution in [2.75, 3.05) is 32.8 Å². The largest absolute Gasteiger partial charge is 0.352 e. The van der Waals surface area contributed by atoms with Gasteiger partial charge in [-0.2, -0.15) is 0 Å². The summed E-state index contributed by atoms with van der Waals surface area (Å²) in [6.45, 7) is 8.14. The molecule has 4 nitrogen and oxygen atoms in total. The Hall–Kier alpha value is -0.160. The van der Waals surface area contributed by atoms with Crippen LogP contribution in [0.15, 0.2) is 0 Å². The summed E-state index contributed by atoms with van der Waals surface area (Å²) in [4.78, 5) is 2.25. The third-order valence-electron chi connectivity index (χ3n) is 2.10. The van der Waals surface area contributed by atoms with Crippen LogP contribution in [0.4, 0.5) is 0 Å². The van der Waals surface area contributed by atoms with Gasteiger partial charge < -0.3 is 15.2 Å². The van der Waals surface area contributed by atoms with E-state index in [4.69, 9.17) is 15.2 Å². The molecule has 0 aromatic rings. The van der Waals surface area contributed by atoms with E-state index in [1.807, 2.05) is 13.8 Å². The molecule has 1 rings (SSSR count). The Bertz CT molecular complexity index is 132. The van der Waals surface area contributed by atoms with E-state index in [-0.39, 0.29) is 6.29 Å². The van der Waals surface area contributed by atoms with Crippen LogP contribution in [0.2, 0.25) is 0 Å². The highest BCUT2D eigenvalue weighted by Crippen LogP contribution is 2.08. The monoisotopic (exact) mass is 188 g/mol. The zero-order valence-electron chi connectivity index (χ0n) is 8.53. The summed E-state index contributed by atoms with van der Waals surface area (Å²) < 4.78 is 10.8. The topological polar surface area (TPSA) is 47.7 Å². The molecule has 1 heterocycles. The Morgan fingerprint density at radius 2 is 1.85 bits per heavy atom. The van der Waals surface area contributed by atoms with Crippen molar-refractivity contribution in [1.82, 2.24) is 4.90 Å². The lowest BCUT2D eigenvalue weighted by molar-refractivity contribution is -0.153. The van der Waals surface area contributed by atoms with Crippen molar-refractivity contribution in [2.45, 2.75) is 26.2 Å². The molecule has 0 bridgehead atoms. The summed E-state index contributed by atoms with van der Waals surface area (Å²) in [7, 11) is 0. The summed E-state index contributed by atoms with van der Waals surface area (Å²) in [6, 6.07) is 0.351. The van der Waals surface area contributed by atoms with Crippen LogP contribution < -0.4 is 5.73 Å². The van der Waals surface area contributed by atoms with E-state index in [2.05, 4.69) is 4.90 Å². The number of ether oxygens (including phenoxy) is 2. The molecule has 0 aromatic carbocycles. The second kappa shape index (κ2) is 5.54. The number of likely N-dealkylation sites (tertiary alicyclic amines) is 1. The Kier molecular flexibility index (Phi) is 4.66. The first-order valence-corrected chi connectivity index (χ1v) is 4.97. The van der Waals surface area contributed by atoms with Crippen molar-refractivity contribution in [1.29, 1.82) is 0 Å². The van der Waals surface area contributed by atoms with Crippen molar-refractivity contribution < 1.29 is 9.47 Å². The van der Waals surface area contributed by atoms with Gasteiger partial charge in [-0.15, -0.1) is 0 Å². The minimum atomic E-state index is -0.0810. The molecule has 1 fully saturated rings. The van der Waals surface area contributed by atoms with E-state index in [1.54, 1.807) is 0 Å². The molecule has 0 aromatic heterocycles. The summed E-state index contributed by atoms with van der Waals surface area (Å²) in [5.41, 5.74) is 5.67. The van der Waals surface area contributed by atoms with Gasteiger partial charge in [0.2, 0.25) is 0 Å². The first kappa shape index (κ1) is 10.9. The molecule has 0 aliphatic carbocycles. The van der Waals surface area contributed by atoms with Gasteiger partial charge in [-0.3, -0.25) is 4.90 Å². The molecule has 0 spiro atoms. The van der Waals surface area contributed by atoms with Crippen LogP contribution in [0.3, 0.4) is 0 Å².